The lowest BCUT2D eigenvalue weighted by Gasteiger charge is -2.43. The highest BCUT2D eigenvalue weighted by Gasteiger charge is 2.81. The number of halogens is 1. The second kappa shape index (κ2) is 7.28. The van der Waals surface area contributed by atoms with E-state index in [-0.39, 0.29) is 23.6 Å². The summed E-state index contributed by atoms with van der Waals surface area (Å²) in [6.45, 7) is 2.59. The lowest BCUT2D eigenvalue weighted by atomic mass is 9.57. The Kier molecular flexibility index (Phi) is 4.40. The summed E-state index contributed by atoms with van der Waals surface area (Å²) in [4.78, 5) is 45.3. The molecule has 3 aromatic rings. The Labute approximate surface area is 213 Å². The molecule has 3 aromatic carbocycles. The number of nitrogens with one attached hydrogen (secondary N) is 2. The molecule has 6 nitrogen and oxygen atoms in total. The molecule has 0 aromatic heterocycles. The lowest BCUT2D eigenvalue weighted by molar-refractivity contribution is -0.137. The molecule has 0 bridgehead atoms. The Morgan fingerprint density at radius 2 is 1.67 bits per heavy atom. The number of rotatable bonds is 2. The van der Waals surface area contributed by atoms with Crippen LogP contribution in [0.15, 0.2) is 66.7 Å². The van der Waals surface area contributed by atoms with Gasteiger partial charge in [0.1, 0.15) is 11.0 Å². The van der Waals surface area contributed by atoms with Crippen molar-refractivity contribution in [1.29, 1.82) is 0 Å². The molecule has 2 saturated heterocycles. The van der Waals surface area contributed by atoms with E-state index in [2.05, 4.69) is 15.5 Å². The fraction of sp³-hybridized carbons (Fsp3) is 0.276. The number of amides is 2. The molecule has 2 amide bonds. The second-order valence-corrected chi connectivity index (χ2v) is 10.7. The minimum Gasteiger partial charge on any atom is -0.325 e. The average Bonchev–Trinajstić information content (AvgIpc) is 3.58. The van der Waals surface area contributed by atoms with Crippen molar-refractivity contribution in [2.75, 3.05) is 17.2 Å². The van der Waals surface area contributed by atoms with Crippen molar-refractivity contribution >= 4 is 40.6 Å². The molecule has 4 aliphatic rings. The maximum Gasteiger partial charge on any atom is 0.251 e. The van der Waals surface area contributed by atoms with Crippen molar-refractivity contribution in [2.45, 2.75) is 36.8 Å². The Morgan fingerprint density at radius 3 is 2.47 bits per heavy atom. The third kappa shape index (κ3) is 2.39. The third-order valence-electron chi connectivity index (χ3n) is 8.68. The standard InChI is InChI=1S/C29H24ClN3O3/c1-16-8-10-17(11-9-16)25(34)24-23-7-4-14-33(23)29(20-15-18(30)12-13-22(20)32-27(29)36)28(24)19-5-2-3-6-21(19)31-26(28)35/h2-3,5-6,8-13,15,23-24H,4,7,14H2,1H3,(H,31,35)(H,32,36)/t23-,24-,28+,29+/m0/s1. The van der Waals surface area contributed by atoms with Crippen molar-refractivity contribution in [3.05, 3.63) is 94.0 Å². The van der Waals surface area contributed by atoms with E-state index in [0.29, 0.717) is 39.6 Å². The van der Waals surface area contributed by atoms with Crippen LogP contribution in [0.3, 0.4) is 0 Å². The molecule has 2 spiro atoms. The number of benzene rings is 3. The summed E-state index contributed by atoms with van der Waals surface area (Å²) in [6, 6.07) is 20.0. The van der Waals surface area contributed by atoms with E-state index >= 15 is 0 Å². The van der Waals surface area contributed by atoms with Gasteiger partial charge in [0.15, 0.2) is 5.78 Å². The van der Waals surface area contributed by atoms with Gasteiger partial charge in [0, 0.05) is 33.6 Å². The van der Waals surface area contributed by atoms with E-state index in [1.165, 1.54) is 0 Å². The molecule has 0 radical (unpaired) electrons. The van der Waals surface area contributed by atoms with Crippen molar-refractivity contribution in [3.8, 4) is 0 Å². The molecule has 180 valence electrons. The molecule has 2 N–H and O–H groups in total. The van der Waals surface area contributed by atoms with Crippen LogP contribution in [0.1, 0.15) is 39.9 Å². The molecule has 0 aliphatic carbocycles. The topological polar surface area (TPSA) is 78.5 Å². The molecule has 4 aliphatic heterocycles. The maximum atomic E-state index is 14.5. The van der Waals surface area contributed by atoms with Gasteiger partial charge in [-0.3, -0.25) is 19.3 Å². The summed E-state index contributed by atoms with van der Waals surface area (Å²) < 4.78 is 0. The summed E-state index contributed by atoms with van der Waals surface area (Å²) in [5, 5.41) is 6.58. The average molecular weight is 498 g/mol. The predicted octanol–water partition coefficient (Wildman–Crippen LogP) is 4.66. The zero-order chi connectivity index (χ0) is 24.8. The summed E-state index contributed by atoms with van der Waals surface area (Å²) >= 11 is 6.49. The number of ketones is 1. The molecule has 4 atom stereocenters. The normalized spacial score (nSPS) is 29.8. The smallest absolute Gasteiger partial charge is 0.251 e. The van der Waals surface area contributed by atoms with Gasteiger partial charge in [-0.15, -0.1) is 0 Å². The van der Waals surface area contributed by atoms with Gasteiger partial charge in [-0.2, -0.15) is 0 Å². The van der Waals surface area contributed by atoms with Crippen LogP contribution in [0.4, 0.5) is 11.4 Å². The van der Waals surface area contributed by atoms with Crippen LogP contribution >= 0.6 is 11.6 Å². The van der Waals surface area contributed by atoms with Gasteiger partial charge in [0.2, 0.25) is 5.91 Å². The summed E-state index contributed by atoms with van der Waals surface area (Å²) in [5.74, 6) is -1.45. The monoisotopic (exact) mass is 497 g/mol. The fourth-order valence-corrected chi connectivity index (χ4v) is 7.62. The van der Waals surface area contributed by atoms with Gasteiger partial charge in [0.25, 0.3) is 5.91 Å². The van der Waals surface area contributed by atoms with Crippen LogP contribution in [0, 0.1) is 12.8 Å². The van der Waals surface area contributed by atoms with Crippen molar-refractivity contribution in [3.63, 3.8) is 0 Å². The van der Waals surface area contributed by atoms with Crippen LogP contribution in [-0.4, -0.2) is 35.1 Å². The summed E-state index contributed by atoms with van der Waals surface area (Å²) in [5.41, 5.74) is 1.40. The van der Waals surface area contributed by atoms with Crippen LogP contribution in [-0.2, 0) is 20.5 Å². The number of hydrogen-bond donors (Lipinski definition) is 2. The van der Waals surface area contributed by atoms with Crippen LogP contribution in [0.25, 0.3) is 0 Å². The Balaban J connectivity index is 1.59. The number of Topliss-reactive ketones (excluding diaryl/α,β-unsaturated/α-hetero) is 1. The molecule has 2 fully saturated rings. The molecular formula is C29H24ClN3O3. The van der Waals surface area contributed by atoms with Crippen molar-refractivity contribution in [2.24, 2.45) is 5.92 Å². The number of fused-ring (bicyclic) bond motifs is 7. The highest BCUT2D eigenvalue weighted by atomic mass is 35.5. The van der Waals surface area contributed by atoms with Gasteiger partial charge < -0.3 is 10.6 Å². The maximum absolute atomic E-state index is 14.5. The van der Waals surface area contributed by atoms with Crippen molar-refractivity contribution < 1.29 is 14.4 Å². The lowest BCUT2D eigenvalue weighted by Crippen LogP contribution is -2.62. The molecule has 7 heteroatoms. The van der Waals surface area contributed by atoms with Crippen LogP contribution < -0.4 is 10.6 Å². The Bertz CT molecular complexity index is 1490. The number of carbonyl (C=O) groups excluding carboxylic acids is 3. The zero-order valence-corrected chi connectivity index (χ0v) is 20.4. The third-order valence-corrected chi connectivity index (χ3v) is 8.91. The fourth-order valence-electron chi connectivity index (χ4n) is 7.45. The van der Waals surface area contributed by atoms with E-state index in [1.54, 1.807) is 18.2 Å². The first-order chi connectivity index (χ1) is 17.4. The number of anilines is 2. The van der Waals surface area contributed by atoms with E-state index in [1.807, 2.05) is 55.5 Å². The predicted molar refractivity (Wildman–Crippen MR) is 137 cm³/mol. The number of hydrogen-bond acceptors (Lipinski definition) is 4. The molecule has 4 heterocycles. The minimum absolute atomic E-state index is 0.112. The number of carbonyl (C=O) groups is 3. The number of aryl methyl sites for hydroxylation is 1. The molecular weight excluding hydrogens is 474 g/mol. The number of para-hydroxylation sites is 1. The van der Waals surface area contributed by atoms with E-state index in [4.69, 9.17) is 11.6 Å². The first-order valence-electron chi connectivity index (χ1n) is 12.3. The highest BCUT2D eigenvalue weighted by Crippen LogP contribution is 2.67. The highest BCUT2D eigenvalue weighted by molar-refractivity contribution is 6.31. The Hall–Kier alpha value is -3.48. The first kappa shape index (κ1) is 21.8. The zero-order valence-electron chi connectivity index (χ0n) is 19.7. The Morgan fingerprint density at radius 1 is 0.944 bits per heavy atom. The van der Waals surface area contributed by atoms with Gasteiger partial charge in [-0.05, 0) is 56.1 Å². The van der Waals surface area contributed by atoms with E-state index in [9.17, 15) is 14.4 Å². The summed E-state index contributed by atoms with van der Waals surface area (Å²) in [6.07, 6.45) is 1.57. The quantitative estimate of drug-likeness (QED) is 0.505. The molecule has 7 rings (SSSR count). The van der Waals surface area contributed by atoms with Gasteiger partial charge in [0.05, 0.1) is 5.92 Å². The van der Waals surface area contributed by atoms with Crippen molar-refractivity contribution in [1.82, 2.24) is 4.90 Å². The van der Waals surface area contributed by atoms with Gasteiger partial charge >= 0.3 is 0 Å². The van der Waals surface area contributed by atoms with Gasteiger partial charge in [-0.1, -0.05) is 59.6 Å². The largest absolute Gasteiger partial charge is 0.325 e. The summed E-state index contributed by atoms with van der Waals surface area (Å²) in [7, 11) is 0. The second-order valence-electron chi connectivity index (χ2n) is 10.3. The first-order valence-corrected chi connectivity index (χ1v) is 12.7. The van der Waals surface area contributed by atoms with Crippen LogP contribution in [0.2, 0.25) is 5.02 Å². The minimum atomic E-state index is -1.45. The van der Waals surface area contributed by atoms with Crippen LogP contribution in [0.5, 0.6) is 0 Å². The SMILES string of the molecule is Cc1ccc(C(=O)[C@@H]2[C@@H]3CCCN3[C@]3(C(=O)Nc4ccc(Cl)cc43)[C@@]23C(=O)Nc2ccccc23)cc1. The molecule has 36 heavy (non-hydrogen) atoms. The molecule has 0 saturated carbocycles. The van der Waals surface area contributed by atoms with Gasteiger partial charge in [-0.25, -0.2) is 0 Å². The van der Waals surface area contributed by atoms with E-state index < -0.39 is 16.9 Å². The number of nitrogens with zero attached hydrogens (tertiary/aromatic N) is 1. The van der Waals surface area contributed by atoms with E-state index in [0.717, 1.165) is 18.4 Å². The molecule has 0 unspecified atom stereocenters.